The Morgan fingerprint density at radius 1 is 1.26 bits per heavy atom. The molecule has 0 aromatic heterocycles. The number of hydrogen-bond acceptors (Lipinski definition) is 4. The van der Waals surface area contributed by atoms with E-state index in [0.29, 0.717) is 29.6 Å². The van der Waals surface area contributed by atoms with E-state index in [1.54, 1.807) is 0 Å². The zero-order valence-electron chi connectivity index (χ0n) is 17.5. The van der Waals surface area contributed by atoms with E-state index in [2.05, 4.69) is 23.8 Å². The van der Waals surface area contributed by atoms with E-state index in [1.807, 2.05) is 7.11 Å². The number of methoxy groups -OCH3 is 2. The van der Waals surface area contributed by atoms with Crippen LogP contribution in [-0.2, 0) is 19.1 Å². The monoisotopic (exact) mass is 378 g/mol. The fourth-order valence-electron chi connectivity index (χ4n) is 4.85. The summed E-state index contributed by atoms with van der Waals surface area (Å²) in [5.41, 5.74) is 0.382. The van der Waals surface area contributed by atoms with Gasteiger partial charge in [0.25, 0.3) is 0 Å². The van der Waals surface area contributed by atoms with Crippen LogP contribution >= 0.6 is 0 Å². The van der Waals surface area contributed by atoms with Crippen LogP contribution in [-0.4, -0.2) is 32.1 Å². The fourth-order valence-corrected chi connectivity index (χ4v) is 4.85. The summed E-state index contributed by atoms with van der Waals surface area (Å²) in [5, 5.41) is 0. The zero-order chi connectivity index (χ0) is 19.7. The maximum absolute atomic E-state index is 12.3. The van der Waals surface area contributed by atoms with Crippen molar-refractivity contribution in [3.8, 4) is 0 Å². The number of allylic oxidation sites excluding steroid dienone is 2. The van der Waals surface area contributed by atoms with E-state index in [1.165, 1.54) is 26.4 Å². The molecule has 0 N–H and O–H groups in total. The Morgan fingerprint density at radius 3 is 2.67 bits per heavy atom. The summed E-state index contributed by atoms with van der Waals surface area (Å²) in [6.07, 6.45) is 16.8. The first kappa shape index (κ1) is 22.1. The van der Waals surface area contributed by atoms with Crippen molar-refractivity contribution in [2.75, 3.05) is 14.2 Å². The van der Waals surface area contributed by atoms with Gasteiger partial charge in [0.1, 0.15) is 5.78 Å². The predicted octanol–water partition coefficient (Wildman–Crippen LogP) is 5.25. The molecule has 0 aliphatic heterocycles. The average Bonchev–Trinajstić information content (AvgIpc) is 2.99. The Labute approximate surface area is 165 Å². The average molecular weight is 379 g/mol. The summed E-state index contributed by atoms with van der Waals surface area (Å²) in [6.45, 7) is 2.36. The number of rotatable bonds is 12. The number of esters is 1. The van der Waals surface area contributed by atoms with Crippen LogP contribution in [0.2, 0.25) is 0 Å². The van der Waals surface area contributed by atoms with Crippen LogP contribution < -0.4 is 0 Å². The minimum Gasteiger partial charge on any atom is -0.469 e. The van der Waals surface area contributed by atoms with Gasteiger partial charge in [-0.25, -0.2) is 0 Å². The zero-order valence-corrected chi connectivity index (χ0v) is 17.5. The first-order valence-electron chi connectivity index (χ1n) is 10.8. The molecule has 2 aliphatic rings. The van der Waals surface area contributed by atoms with Crippen molar-refractivity contribution in [1.29, 1.82) is 0 Å². The Kier molecular flexibility index (Phi) is 9.01. The summed E-state index contributed by atoms with van der Waals surface area (Å²) in [4.78, 5) is 23.4. The smallest absolute Gasteiger partial charge is 0.305 e. The van der Waals surface area contributed by atoms with E-state index >= 15 is 0 Å². The van der Waals surface area contributed by atoms with E-state index in [4.69, 9.17) is 4.74 Å². The highest BCUT2D eigenvalue weighted by atomic mass is 16.5. The van der Waals surface area contributed by atoms with Crippen molar-refractivity contribution in [2.45, 2.75) is 90.1 Å². The lowest BCUT2D eigenvalue weighted by Gasteiger charge is -2.44. The molecule has 0 amide bonds. The second-order valence-electron chi connectivity index (χ2n) is 8.71. The van der Waals surface area contributed by atoms with E-state index in [0.717, 1.165) is 51.4 Å². The molecule has 2 fully saturated rings. The van der Waals surface area contributed by atoms with Crippen molar-refractivity contribution in [3.05, 3.63) is 12.2 Å². The molecule has 154 valence electrons. The standard InChI is InChI=1S/C23H38O4/c1-23(16-9-17-23)21(26-2)12-8-10-18-14-15-20(24)19(18)11-6-4-5-7-13-22(25)27-3/h4,6,18-19,21H,5,7-17H2,1-3H3/b6-4-/t18-,19+,21?/m0/s1. The van der Waals surface area contributed by atoms with Crippen LogP contribution in [0.1, 0.15) is 84.0 Å². The third-order valence-electron chi connectivity index (χ3n) is 6.88. The topological polar surface area (TPSA) is 52.6 Å². The largest absolute Gasteiger partial charge is 0.469 e. The number of ether oxygens (including phenoxy) is 2. The van der Waals surface area contributed by atoms with Gasteiger partial charge in [-0.2, -0.15) is 0 Å². The summed E-state index contributed by atoms with van der Waals surface area (Å²) >= 11 is 0. The minimum atomic E-state index is -0.153. The Bertz CT molecular complexity index is 507. The van der Waals surface area contributed by atoms with Crippen molar-refractivity contribution in [1.82, 2.24) is 0 Å². The Hall–Kier alpha value is -1.16. The maximum atomic E-state index is 12.3. The van der Waals surface area contributed by atoms with Gasteiger partial charge in [-0.15, -0.1) is 0 Å². The van der Waals surface area contributed by atoms with Crippen molar-refractivity contribution in [3.63, 3.8) is 0 Å². The lowest BCUT2D eigenvalue weighted by atomic mass is 9.65. The van der Waals surface area contributed by atoms with E-state index < -0.39 is 0 Å². The van der Waals surface area contributed by atoms with Gasteiger partial charge in [-0.1, -0.05) is 31.9 Å². The third-order valence-corrected chi connectivity index (χ3v) is 6.88. The number of carbonyl (C=O) groups excluding carboxylic acids is 2. The highest BCUT2D eigenvalue weighted by Gasteiger charge is 2.40. The summed E-state index contributed by atoms with van der Waals surface area (Å²) in [7, 11) is 3.27. The van der Waals surface area contributed by atoms with Gasteiger partial charge in [0.15, 0.2) is 0 Å². The lowest BCUT2D eigenvalue weighted by molar-refractivity contribution is -0.140. The molecule has 2 rings (SSSR count). The number of ketones is 1. The molecule has 4 heteroatoms. The quantitative estimate of drug-likeness (QED) is 0.264. The molecular weight excluding hydrogens is 340 g/mol. The SMILES string of the molecule is COC(=O)CCC/C=C\C[C@H]1C(=O)CC[C@@H]1CCCC(OC)C1(C)CCC1. The van der Waals surface area contributed by atoms with Gasteiger partial charge in [0.05, 0.1) is 13.2 Å². The second kappa shape index (κ2) is 11.0. The number of unbranched alkanes of at least 4 members (excludes halogenated alkanes) is 1. The van der Waals surface area contributed by atoms with Gasteiger partial charge >= 0.3 is 5.97 Å². The summed E-state index contributed by atoms with van der Waals surface area (Å²) < 4.78 is 10.4. The van der Waals surface area contributed by atoms with Crippen LogP contribution in [0.4, 0.5) is 0 Å². The van der Waals surface area contributed by atoms with Crippen LogP contribution in [0.5, 0.6) is 0 Å². The molecule has 0 radical (unpaired) electrons. The summed E-state index contributed by atoms with van der Waals surface area (Å²) in [6, 6.07) is 0. The molecule has 0 aromatic carbocycles. The first-order valence-corrected chi connectivity index (χ1v) is 10.8. The highest BCUT2D eigenvalue weighted by molar-refractivity contribution is 5.83. The normalized spacial score (nSPS) is 25.5. The minimum absolute atomic E-state index is 0.153. The Morgan fingerprint density at radius 2 is 2.04 bits per heavy atom. The molecule has 2 saturated carbocycles. The number of Topliss-reactive ketones (excluding diaryl/α,β-unsaturated/α-hetero) is 1. The van der Waals surface area contributed by atoms with Crippen LogP contribution in [0.3, 0.4) is 0 Å². The van der Waals surface area contributed by atoms with Crippen molar-refractivity contribution in [2.24, 2.45) is 17.3 Å². The molecular formula is C23H38O4. The van der Waals surface area contributed by atoms with Crippen molar-refractivity contribution >= 4 is 11.8 Å². The Balaban J connectivity index is 1.69. The van der Waals surface area contributed by atoms with Crippen molar-refractivity contribution < 1.29 is 19.1 Å². The predicted molar refractivity (Wildman–Crippen MR) is 107 cm³/mol. The maximum Gasteiger partial charge on any atom is 0.305 e. The van der Waals surface area contributed by atoms with Crippen LogP contribution in [0.15, 0.2) is 12.2 Å². The molecule has 4 nitrogen and oxygen atoms in total. The third kappa shape index (κ3) is 6.44. The van der Waals surface area contributed by atoms with Crippen LogP contribution in [0.25, 0.3) is 0 Å². The molecule has 0 spiro atoms. The lowest BCUT2D eigenvalue weighted by Crippen LogP contribution is -2.39. The molecule has 27 heavy (non-hydrogen) atoms. The highest BCUT2D eigenvalue weighted by Crippen LogP contribution is 2.46. The van der Waals surface area contributed by atoms with Crippen LogP contribution in [0, 0.1) is 17.3 Å². The molecule has 0 heterocycles. The second-order valence-corrected chi connectivity index (χ2v) is 8.71. The van der Waals surface area contributed by atoms with E-state index in [-0.39, 0.29) is 11.9 Å². The van der Waals surface area contributed by atoms with Gasteiger partial charge < -0.3 is 9.47 Å². The van der Waals surface area contributed by atoms with Gasteiger partial charge in [-0.05, 0) is 62.7 Å². The van der Waals surface area contributed by atoms with E-state index in [9.17, 15) is 9.59 Å². The molecule has 3 atom stereocenters. The fraction of sp³-hybridized carbons (Fsp3) is 0.826. The molecule has 0 bridgehead atoms. The van der Waals surface area contributed by atoms with Gasteiger partial charge in [-0.3, -0.25) is 9.59 Å². The number of hydrogen-bond donors (Lipinski definition) is 0. The molecule has 0 aromatic rings. The molecule has 2 aliphatic carbocycles. The summed E-state index contributed by atoms with van der Waals surface area (Å²) in [5.74, 6) is 1.01. The van der Waals surface area contributed by atoms with Gasteiger partial charge in [0.2, 0.25) is 0 Å². The number of carbonyl (C=O) groups is 2. The first-order chi connectivity index (χ1) is 13.0. The molecule has 1 unspecified atom stereocenters. The molecule has 0 saturated heterocycles. The van der Waals surface area contributed by atoms with Gasteiger partial charge in [0, 0.05) is 25.9 Å².